The summed E-state index contributed by atoms with van der Waals surface area (Å²) < 4.78 is 0. The zero-order valence-corrected chi connectivity index (χ0v) is 13.1. The molecule has 1 amide bonds. The van der Waals surface area contributed by atoms with Crippen LogP contribution in [0.5, 0.6) is 5.75 Å². The smallest absolute Gasteiger partial charge is 0.281 e. The number of phenols is 1. The summed E-state index contributed by atoms with van der Waals surface area (Å²) in [6, 6.07) is 8.65. The molecule has 0 bridgehead atoms. The van der Waals surface area contributed by atoms with Gasteiger partial charge in [0.2, 0.25) is 0 Å². The number of amides is 1. The third-order valence-electron chi connectivity index (χ3n) is 3.15. The van der Waals surface area contributed by atoms with Gasteiger partial charge in [-0.15, -0.1) is 11.3 Å². The predicted octanol–water partition coefficient (Wildman–Crippen LogP) is 3.48. The minimum Gasteiger partial charge on any atom is -0.508 e. The number of phenolic OH excluding ortho intramolecular Hbond substituents is 1. The van der Waals surface area contributed by atoms with Gasteiger partial charge in [-0.1, -0.05) is 19.1 Å². The van der Waals surface area contributed by atoms with Crippen LogP contribution in [-0.2, 0) is 6.42 Å². The Morgan fingerprint density at radius 2 is 2.14 bits per heavy atom. The molecule has 21 heavy (non-hydrogen) atoms. The topological polar surface area (TPSA) is 61.7 Å². The highest BCUT2D eigenvalue weighted by Crippen LogP contribution is 2.22. The van der Waals surface area contributed by atoms with Gasteiger partial charge in [0.25, 0.3) is 5.91 Å². The van der Waals surface area contributed by atoms with Crippen molar-refractivity contribution in [2.45, 2.75) is 27.2 Å². The van der Waals surface area contributed by atoms with E-state index in [0.29, 0.717) is 10.6 Å². The minimum absolute atomic E-state index is 0.176. The molecule has 0 aliphatic rings. The molecule has 1 heterocycles. The number of rotatable bonds is 4. The summed E-state index contributed by atoms with van der Waals surface area (Å²) in [5, 5.41) is 13.5. The van der Waals surface area contributed by atoms with Crippen molar-refractivity contribution >= 4 is 23.0 Å². The molecule has 110 valence electrons. The molecule has 0 saturated carbocycles. The highest BCUT2D eigenvalue weighted by molar-refractivity contribution is 7.14. The van der Waals surface area contributed by atoms with E-state index >= 15 is 0 Å². The third kappa shape index (κ3) is 3.70. The van der Waals surface area contributed by atoms with Crippen molar-refractivity contribution in [2.75, 3.05) is 0 Å². The lowest BCUT2D eigenvalue weighted by Crippen LogP contribution is -2.18. The normalized spacial score (nSPS) is 11.5. The van der Waals surface area contributed by atoms with Crippen LogP contribution in [0.15, 0.2) is 35.4 Å². The Morgan fingerprint density at radius 3 is 2.76 bits per heavy atom. The van der Waals surface area contributed by atoms with Crippen molar-refractivity contribution in [1.82, 2.24) is 5.43 Å². The molecule has 0 fully saturated rings. The largest absolute Gasteiger partial charge is 0.508 e. The Labute approximate surface area is 128 Å². The molecule has 1 aromatic heterocycles. The molecular formula is C16H18N2O2S. The lowest BCUT2D eigenvalue weighted by Gasteiger charge is -2.02. The van der Waals surface area contributed by atoms with Crippen LogP contribution in [0.2, 0.25) is 0 Å². The quantitative estimate of drug-likeness (QED) is 0.671. The zero-order chi connectivity index (χ0) is 15.4. The first-order chi connectivity index (χ1) is 10.0. The molecule has 0 unspecified atom stereocenters. The number of hydrazone groups is 1. The summed E-state index contributed by atoms with van der Waals surface area (Å²) in [4.78, 5) is 14.0. The Balaban J connectivity index is 2.10. The number of aromatic hydroxyl groups is 1. The van der Waals surface area contributed by atoms with Gasteiger partial charge in [0.1, 0.15) is 5.75 Å². The second kappa shape index (κ2) is 6.54. The first-order valence-electron chi connectivity index (χ1n) is 6.74. The van der Waals surface area contributed by atoms with E-state index in [1.54, 1.807) is 25.1 Å². The molecular weight excluding hydrogens is 284 g/mol. The highest BCUT2D eigenvalue weighted by Gasteiger charge is 2.11. The Morgan fingerprint density at radius 1 is 1.38 bits per heavy atom. The Kier molecular flexibility index (Phi) is 4.75. The molecule has 0 radical (unpaired) electrons. The SMILES string of the molecule is CCc1sc(C(=O)NN=C(C)c2cccc(O)c2)cc1C. The van der Waals surface area contributed by atoms with Crippen LogP contribution in [0.4, 0.5) is 0 Å². The maximum Gasteiger partial charge on any atom is 0.281 e. The summed E-state index contributed by atoms with van der Waals surface area (Å²) in [5.74, 6) is -0.0304. The van der Waals surface area contributed by atoms with E-state index in [-0.39, 0.29) is 11.7 Å². The fourth-order valence-corrected chi connectivity index (χ4v) is 2.97. The van der Waals surface area contributed by atoms with Crippen molar-refractivity contribution < 1.29 is 9.90 Å². The maximum absolute atomic E-state index is 12.1. The molecule has 2 aromatic rings. The van der Waals surface area contributed by atoms with Gasteiger partial charge in [-0.25, -0.2) is 5.43 Å². The first kappa shape index (κ1) is 15.3. The number of aryl methyl sites for hydroxylation is 2. The number of hydrogen-bond acceptors (Lipinski definition) is 4. The van der Waals surface area contributed by atoms with Gasteiger partial charge in [-0.3, -0.25) is 4.79 Å². The fraction of sp³-hybridized carbons (Fsp3) is 0.250. The van der Waals surface area contributed by atoms with Crippen LogP contribution in [-0.4, -0.2) is 16.7 Å². The minimum atomic E-state index is -0.206. The van der Waals surface area contributed by atoms with Crippen LogP contribution in [0.25, 0.3) is 0 Å². The van der Waals surface area contributed by atoms with E-state index in [9.17, 15) is 9.90 Å². The van der Waals surface area contributed by atoms with E-state index in [1.165, 1.54) is 16.2 Å². The second-order valence-electron chi connectivity index (χ2n) is 4.76. The zero-order valence-electron chi connectivity index (χ0n) is 12.3. The molecule has 0 aliphatic heterocycles. The Bertz CT molecular complexity index is 689. The predicted molar refractivity (Wildman–Crippen MR) is 86.2 cm³/mol. The van der Waals surface area contributed by atoms with Gasteiger partial charge in [-0.05, 0) is 44.0 Å². The first-order valence-corrected chi connectivity index (χ1v) is 7.56. The van der Waals surface area contributed by atoms with Gasteiger partial charge in [0.15, 0.2) is 0 Å². The summed E-state index contributed by atoms with van der Waals surface area (Å²) in [6.45, 7) is 5.87. The van der Waals surface area contributed by atoms with Crippen LogP contribution in [0, 0.1) is 6.92 Å². The summed E-state index contributed by atoms with van der Waals surface area (Å²) >= 11 is 1.50. The number of carbonyl (C=O) groups excluding carboxylic acids is 1. The van der Waals surface area contributed by atoms with Gasteiger partial charge in [0, 0.05) is 10.4 Å². The third-order valence-corrected chi connectivity index (χ3v) is 4.53. The highest BCUT2D eigenvalue weighted by atomic mass is 32.1. The average Bonchev–Trinajstić information content (AvgIpc) is 2.85. The number of benzene rings is 1. The molecule has 0 atom stereocenters. The number of thiophene rings is 1. The molecule has 2 rings (SSSR count). The Hall–Kier alpha value is -2.14. The maximum atomic E-state index is 12.1. The van der Waals surface area contributed by atoms with Gasteiger partial charge in [0.05, 0.1) is 10.6 Å². The van der Waals surface area contributed by atoms with Gasteiger partial charge in [-0.2, -0.15) is 5.10 Å². The second-order valence-corrected chi connectivity index (χ2v) is 5.90. The summed E-state index contributed by atoms with van der Waals surface area (Å²) in [7, 11) is 0. The van der Waals surface area contributed by atoms with E-state index in [1.807, 2.05) is 19.1 Å². The number of nitrogens with zero attached hydrogens (tertiary/aromatic N) is 1. The molecule has 4 nitrogen and oxygen atoms in total. The van der Waals surface area contributed by atoms with Gasteiger partial charge < -0.3 is 5.11 Å². The van der Waals surface area contributed by atoms with Crippen LogP contribution in [0.1, 0.15) is 39.5 Å². The van der Waals surface area contributed by atoms with E-state index in [4.69, 9.17) is 0 Å². The van der Waals surface area contributed by atoms with Crippen LogP contribution < -0.4 is 5.43 Å². The van der Waals surface area contributed by atoms with E-state index < -0.39 is 0 Å². The molecule has 1 aromatic carbocycles. The van der Waals surface area contributed by atoms with Crippen molar-refractivity contribution in [3.05, 3.63) is 51.2 Å². The standard InChI is InChI=1S/C16H18N2O2S/c1-4-14-10(2)8-15(21-14)16(20)18-17-11(3)12-6-5-7-13(19)9-12/h5-9,19H,4H2,1-3H3,(H,18,20). The fourth-order valence-electron chi connectivity index (χ4n) is 1.97. The van der Waals surface area contributed by atoms with Gasteiger partial charge >= 0.3 is 0 Å². The lowest BCUT2D eigenvalue weighted by atomic mass is 10.1. The van der Waals surface area contributed by atoms with Crippen LogP contribution in [0.3, 0.4) is 0 Å². The molecule has 0 saturated heterocycles. The van der Waals surface area contributed by atoms with Crippen molar-refractivity contribution in [3.63, 3.8) is 0 Å². The number of hydrogen-bond donors (Lipinski definition) is 2. The average molecular weight is 302 g/mol. The van der Waals surface area contributed by atoms with E-state index in [0.717, 1.165) is 17.5 Å². The van der Waals surface area contributed by atoms with Crippen molar-refractivity contribution in [1.29, 1.82) is 0 Å². The molecule has 2 N–H and O–H groups in total. The van der Waals surface area contributed by atoms with Crippen molar-refractivity contribution in [2.24, 2.45) is 5.10 Å². The van der Waals surface area contributed by atoms with E-state index in [2.05, 4.69) is 17.5 Å². The summed E-state index contributed by atoms with van der Waals surface area (Å²) in [6.07, 6.45) is 0.926. The number of nitrogens with one attached hydrogen (secondary N) is 1. The number of carbonyl (C=O) groups is 1. The monoisotopic (exact) mass is 302 g/mol. The molecule has 5 heteroatoms. The van der Waals surface area contributed by atoms with Crippen molar-refractivity contribution in [3.8, 4) is 5.75 Å². The molecule has 0 spiro atoms. The summed E-state index contributed by atoms with van der Waals surface area (Å²) in [5.41, 5.74) is 5.11. The van der Waals surface area contributed by atoms with Crippen LogP contribution >= 0.6 is 11.3 Å². The molecule has 0 aliphatic carbocycles. The lowest BCUT2D eigenvalue weighted by molar-refractivity contribution is 0.0959.